The first-order valence-electron chi connectivity index (χ1n) is 9.67. The number of hydrogen-bond donors (Lipinski definition) is 0. The van der Waals surface area contributed by atoms with Crippen molar-refractivity contribution in [2.45, 2.75) is 46.0 Å². The van der Waals surface area contributed by atoms with E-state index >= 15 is 0 Å². The number of hydrogen-bond acceptors (Lipinski definition) is 2. The molecule has 0 radical (unpaired) electrons. The van der Waals surface area contributed by atoms with Crippen molar-refractivity contribution in [1.82, 2.24) is 0 Å². The molecule has 1 unspecified atom stereocenters. The van der Waals surface area contributed by atoms with Crippen LogP contribution in [0.4, 0.5) is 10.1 Å². The maximum atomic E-state index is 13.4. The van der Waals surface area contributed by atoms with Crippen molar-refractivity contribution >= 4 is 17.4 Å². The molecule has 1 heterocycles. The Morgan fingerprint density at radius 2 is 1.68 bits per heavy atom. The lowest BCUT2D eigenvalue weighted by molar-refractivity contribution is -0.121. The monoisotopic (exact) mass is 377 g/mol. The summed E-state index contributed by atoms with van der Waals surface area (Å²) in [6, 6.07) is 13.9. The molecular formula is C24H24FNO2. The molecule has 2 aromatic rings. The van der Waals surface area contributed by atoms with Crippen LogP contribution in [0.2, 0.25) is 0 Å². The van der Waals surface area contributed by atoms with Gasteiger partial charge in [0.1, 0.15) is 5.82 Å². The summed E-state index contributed by atoms with van der Waals surface area (Å²) in [7, 11) is 0. The first-order valence-corrected chi connectivity index (χ1v) is 9.67. The fraction of sp³-hybridized carbons (Fsp3) is 0.333. The zero-order valence-corrected chi connectivity index (χ0v) is 16.5. The van der Waals surface area contributed by atoms with E-state index in [9.17, 15) is 14.0 Å². The largest absolute Gasteiger partial charge is 0.294 e. The minimum absolute atomic E-state index is 0.0517. The van der Waals surface area contributed by atoms with Crippen LogP contribution in [0.5, 0.6) is 0 Å². The molecule has 0 saturated heterocycles. The van der Waals surface area contributed by atoms with Crippen LogP contribution in [0.15, 0.2) is 59.8 Å². The van der Waals surface area contributed by atoms with E-state index in [-0.39, 0.29) is 35.3 Å². The van der Waals surface area contributed by atoms with Gasteiger partial charge in [-0.05, 0) is 54.2 Å². The number of Topliss-reactive ketones (excluding diaryl/α,β-unsaturated/α-hetero) is 1. The van der Waals surface area contributed by atoms with Crippen LogP contribution in [0, 0.1) is 18.2 Å². The standard InChI is InChI=1S/C24H24FNO2/c1-15-6-4-5-7-18(15)19-12-22(28)26(17-10-8-16(25)9-11-17)20-13-24(2,3)14-21(27)23(19)20/h4-11,19H,12-14H2,1-3H3. The number of allylic oxidation sites excluding steroid dienone is 2. The Labute approximate surface area is 164 Å². The Morgan fingerprint density at radius 1 is 1.00 bits per heavy atom. The van der Waals surface area contributed by atoms with Crippen LogP contribution < -0.4 is 4.90 Å². The highest BCUT2D eigenvalue weighted by Crippen LogP contribution is 2.48. The fourth-order valence-corrected chi connectivity index (χ4v) is 4.55. The van der Waals surface area contributed by atoms with Gasteiger partial charge in [-0.3, -0.25) is 14.5 Å². The van der Waals surface area contributed by atoms with Crippen LogP contribution in [-0.4, -0.2) is 11.7 Å². The average Bonchev–Trinajstić information content (AvgIpc) is 2.61. The molecule has 0 N–H and O–H groups in total. The van der Waals surface area contributed by atoms with Gasteiger partial charge in [0.2, 0.25) is 5.91 Å². The van der Waals surface area contributed by atoms with Gasteiger partial charge < -0.3 is 0 Å². The van der Waals surface area contributed by atoms with Crippen molar-refractivity contribution in [3.63, 3.8) is 0 Å². The van der Waals surface area contributed by atoms with Crippen molar-refractivity contribution in [2.24, 2.45) is 5.41 Å². The fourth-order valence-electron chi connectivity index (χ4n) is 4.55. The van der Waals surface area contributed by atoms with Crippen LogP contribution in [0.3, 0.4) is 0 Å². The molecule has 0 aromatic heterocycles. The van der Waals surface area contributed by atoms with E-state index in [0.717, 1.165) is 22.4 Å². The molecule has 1 atom stereocenters. The predicted octanol–water partition coefficient (Wildman–Crippen LogP) is 5.30. The van der Waals surface area contributed by atoms with Gasteiger partial charge >= 0.3 is 0 Å². The van der Waals surface area contributed by atoms with Gasteiger partial charge in [-0.15, -0.1) is 0 Å². The number of benzene rings is 2. The molecule has 2 aromatic carbocycles. The summed E-state index contributed by atoms with van der Waals surface area (Å²) in [5, 5.41) is 0. The molecule has 1 amide bonds. The number of carbonyl (C=O) groups is 2. The molecule has 28 heavy (non-hydrogen) atoms. The maximum absolute atomic E-state index is 13.4. The van der Waals surface area contributed by atoms with Gasteiger partial charge in [0.25, 0.3) is 0 Å². The zero-order chi connectivity index (χ0) is 20.1. The molecule has 0 spiro atoms. The number of nitrogens with zero attached hydrogens (tertiary/aromatic N) is 1. The number of halogens is 1. The Hall–Kier alpha value is -2.75. The van der Waals surface area contributed by atoms with Gasteiger partial charge in [-0.25, -0.2) is 4.39 Å². The molecule has 0 saturated carbocycles. The first kappa shape index (κ1) is 18.6. The second kappa shape index (κ2) is 6.69. The van der Waals surface area contributed by atoms with Gasteiger partial charge in [0.05, 0.1) is 0 Å². The van der Waals surface area contributed by atoms with E-state index < -0.39 is 0 Å². The number of carbonyl (C=O) groups excluding carboxylic acids is 2. The maximum Gasteiger partial charge on any atom is 0.232 e. The molecule has 4 rings (SSSR count). The van der Waals surface area contributed by atoms with E-state index in [4.69, 9.17) is 0 Å². The second-order valence-corrected chi connectivity index (χ2v) is 8.62. The molecule has 1 aliphatic heterocycles. The van der Waals surface area contributed by atoms with Crippen LogP contribution in [0.1, 0.15) is 50.2 Å². The first-order chi connectivity index (χ1) is 13.3. The number of aryl methyl sites for hydroxylation is 1. The summed E-state index contributed by atoms with van der Waals surface area (Å²) in [6.07, 6.45) is 1.35. The van der Waals surface area contributed by atoms with E-state index in [1.807, 2.05) is 31.2 Å². The minimum Gasteiger partial charge on any atom is -0.294 e. The average molecular weight is 377 g/mol. The summed E-state index contributed by atoms with van der Waals surface area (Å²) in [6.45, 7) is 6.13. The third-order valence-electron chi connectivity index (χ3n) is 5.79. The molecule has 0 bridgehead atoms. The Bertz CT molecular complexity index is 988. The topological polar surface area (TPSA) is 37.4 Å². The van der Waals surface area contributed by atoms with Crippen LogP contribution in [0.25, 0.3) is 0 Å². The SMILES string of the molecule is Cc1ccccc1C1CC(=O)N(c2ccc(F)cc2)C2=C1C(=O)CC(C)(C)C2. The molecule has 1 aliphatic carbocycles. The lowest BCUT2D eigenvalue weighted by Gasteiger charge is -2.43. The number of anilines is 1. The van der Waals surface area contributed by atoms with Gasteiger partial charge in [-0.1, -0.05) is 38.1 Å². The Kier molecular flexibility index (Phi) is 4.45. The van der Waals surface area contributed by atoms with Crippen molar-refractivity contribution in [2.75, 3.05) is 4.90 Å². The van der Waals surface area contributed by atoms with Crippen LogP contribution in [-0.2, 0) is 9.59 Å². The highest BCUT2D eigenvalue weighted by Gasteiger charge is 2.44. The third kappa shape index (κ3) is 3.17. The normalized spacial score (nSPS) is 21.7. The highest BCUT2D eigenvalue weighted by molar-refractivity contribution is 6.07. The van der Waals surface area contributed by atoms with E-state index in [2.05, 4.69) is 13.8 Å². The Balaban J connectivity index is 1.91. The van der Waals surface area contributed by atoms with Gasteiger partial charge in [0, 0.05) is 35.7 Å². The van der Waals surface area contributed by atoms with Gasteiger partial charge in [0.15, 0.2) is 5.78 Å². The number of rotatable bonds is 2. The molecular weight excluding hydrogens is 353 g/mol. The smallest absolute Gasteiger partial charge is 0.232 e. The quantitative estimate of drug-likeness (QED) is 0.712. The summed E-state index contributed by atoms with van der Waals surface area (Å²) < 4.78 is 13.4. The molecule has 3 nitrogen and oxygen atoms in total. The summed E-state index contributed by atoms with van der Waals surface area (Å²) in [5.41, 5.74) is 4.04. The predicted molar refractivity (Wildman–Crippen MR) is 107 cm³/mol. The molecule has 4 heteroatoms. The minimum atomic E-state index is -0.347. The summed E-state index contributed by atoms with van der Waals surface area (Å²) in [4.78, 5) is 28.1. The Morgan fingerprint density at radius 3 is 2.36 bits per heavy atom. The van der Waals surface area contributed by atoms with Crippen molar-refractivity contribution < 1.29 is 14.0 Å². The lowest BCUT2D eigenvalue weighted by Crippen LogP contribution is -2.43. The number of amides is 1. The van der Waals surface area contributed by atoms with E-state index in [0.29, 0.717) is 18.5 Å². The van der Waals surface area contributed by atoms with Crippen molar-refractivity contribution in [3.8, 4) is 0 Å². The van der Waals surface area contributed by atoms with Crippen molar-refractivity contribution in [3.05, 3.63) is 76.7 Å². The molecule has 2 aliphatic rings. The second-order valence-electron chi connectivity index (χ2n) is 8.62. The number of ketones is 1. The zero-order valence-electron chi connectivity index (χ0n) is 16.5. The van der Waals surface area contributed by atoms with Gasteiger partial charge in [-0.2, -0.15) is 0 Å². The van der Waals surface area contributed by atoms with E-state index in [1.165, 1.54) is 12.1 Å². The third-order valence-corrected chi connectivity index (χ3v) is 5.79. The lowest BCUT2D eigenvalue weighted by atomic mass is 9.69. The van der Waals surface area contributed by atoms with E-state index in [1.54, 1.807) is 17.0 Å². The molecule has 0 fully saturated rings. The highest BCUT2D eigenvalue weighted by atomic mass is 19.1. The van der Waals surface area contributed by atoms with Crippen molar-refractivity contribution in [1.29, 1.82) is 0 Å². The van der Waals surface area contributed by atoms with Crippen LogP contribution >= 0.6 is 0 Å². The molecule has 144 valence electrons. The summed E-state index contributed by atoms with van der Waals surface area (Å²) in [5.74, 6) is -0.507. The summed E-state index contributed by atoms with van der Waals surface area (Å²) >= 11 is 0.